The zero-order valence-electron chi connectivity index (χ0n) is 9.36. The fraction of sp³-hybridized carbons (Fsp3) is 0.909. The summed E-state index contributed by atoms with van der Waals surface area (Å²) < 4.78 is 0. The molecule has 3 heteroatoms. The Morgan fingerprint density at radius 2 is 2.21 bits per heavy atom. The number of nitrogens with zero attached hydrogens (tertiary/aromatic N) is 1. The molecule has 0 radical (unpaired) electrons. The molecule has 3 nitrogen and oxygen atoms in total. The first kappa shape index (κ1) is 11.5. The number of carbonyl (C=O) groups is 1. The summed E-state index contributed by atoms with van der Waals surface area (Å²) in [6, 6.07) is 0. The van der Waals surface area contributed by atoms with Crippen LogP contribution in [0.25, 0.3) is 0 Å². The van der Waals surface area contributed by atoms with Crippen LogP contribution in [0.4, 0.5) is 0 Å². The van der Waals surface area contributed by atoms with E-state index in [0.717, 1.165) is 13.0 Å². The van der Waals surface area contributed by atoms with Gasteiger partial charge in [0.05, 0.1) is 6.10 Å². The fourth-order valence-corrected chi connectivity index (χ4v) is 1.74. The first-order valence-corrected chi connectivity index (χ1v) is 5.50. The quantitative estimate of drug-likeness (QED) is 0.740. The number of likely N-dealkylation sites (tertiary alicyclic amines) is 1. The molecule has 0 aromatic heterocycles. The Kier molecular flexibility index (Phi) is 3.93. The Labute approximate surface area is 86.1 Å². The molecule has 1 rings (SSSR count). The third-order valence-corrected chi connectivity index (χ3v) is 3.05. The summed E-state index contributed by atoms with van der Waals surface area (Å²) in [5, 5.41) is 9.67. The van der Waals surface area contributed by atoms with Gasteiger partial charge in [-0.1, -0.05) is 27.2 Å². The second-order valence-corrected chi connectivity index (χ2v) is 4.59. The van der Waals surface area contributed by atoms with Crippen LogP contribution in [0, 0.1) is 11.8 Å². The number of carbonyl (C=O) groups excluding carboxylic acids is 1. The van der Waals surface area contributed by atoms with Crippen molar-refractivity contribution in [2.24, 2.45) is 11.8 Å². The normalized spacial score (nSPS) is 24.8. The molecule has 1 aliphatic heterocycles. The van der Waals surface area contributed by atoms with Crippen LogP contribution in [0.3, 0.4) is 0 Å². The molecule has 0 saturated carbocycles. The molecule has 1 N–H and O–H groups in total. The lowest BCUT2D eigenvalue weighted by Gasteiger charge is -2.22. The Morgan fingerprint density at radius 3 is 2.64 bits per heavy atom. The van der Waals surface area contributed by atoms with E-state index in [1.54, 1.807) is 4.90 Å². The second kappa shape index (κ2) is 4.78. The molecule has 1 saturated heterocycles. The van der Waals surface area contributed by atoms with Crippen LogP contribution in [-0.2, 0) is 4.79 Å². The van der Waals surface area contributed by atoms with Crippen molar-refractivity contribution in [3.05, 3.63) is 0 Å². The van der Waals surface area contributed by atoms with Gasteiger partial charge in [0.1, 0.15) is 0 Å². The highest BCUT2D eigenvalue weighted by Gasteiger charge is 2.29. The summed E-state index contributed by atoms with van der Waals surface area (Å²) in [6.07, 6.45) is 1.34. The lowest BCUT2D eigenvalue weighted by molar-refractivity contribution is -0.129. The van der Waals surface area contributed by atoms with Gasteiger partial charge >= 0.3 is 0 Å². The monoisotopic (exact) mass is 199 g/mol. The predicted octanol–water partition coefficient (Wildman–Crippen LogP) is 1.26. The van der Waals surface area contributed by atoms with E-state index >= 15 is 0 Å². The number of amides is 1. The number of hydrogen-bond acceptors (Lipinski definition) is 2. The highest BCUT2D eigenvalue weighted by atomic mass is 16.3. The lowest BCUT2D eigenvalue weighted by Crippen LogP contribution is -2.36. The maximum atomic E-state index is 11.5. The van der Waals surface area contributed by atoms with Crippen molar-refractivity contribution in [3.63, 3.8) is 0 Å². The van der Waals surface area contributed by atoms with E-state index in [2.05, 4.69) is 6.92 Å². The maximum absolute atomic E-state index is 11.5. The largest absolute Gasteiger partial charge is 0.391 e. The van der Waals surface area contributed by atoms with Crippen molar-refractivity contribution in [1.29, 1.82) is 0 Å². The lowest BCUT2D eigenvalue weighted by atomic mass is 10.1. The highest BCUT2D eigenvalue weighted by Crippen LogP contribution is 2.21. The number of hydrogen-bond donors (Lipinski definition) is 1. The van der Waals surface area contributed by atoms with Crippen molar-refractivity contribution < 1.29 is 9.90 Å². The fourth-order valence-electron chi connectivity index (χ4n) is 1.74. The first-order valence-electron chi connectivity index (χ1n) is 5.50. The number of aliphatic hydroxyl groups is 1. The topological polar surface area (TPSA) is 40.5 Å². The molecule has 14 heavy (non-hydrogen) atoms. The van der Waals surface area contributed by atoms with Crippen molar-refractivity contribution in [1.82, 2.24) is 4.90 Å². The van der Waals surface area contributed by atoms with E-state index in [1.165, 1.54) is 0 Å². The van der Waals surface area contributed by atoms with E-state index < -0.39 is 0 Å². The van der Waals surface area contributed by atoms with Crippen molar-refractivity contribution in [3.8, 4) is 0 Å². The van der Waals surface area contributed by atoms with Crippen LogP contribution in [-0.4, -0.2) is 35.1 Å². The molecular weight excluding hydrogens is 178 g/mol. The van der Waals surface area contributed by atoms with E-state index in [9.17, 15) is 9.90 Å². The SMILES string of the molecule is CCC1CC(=O)N(CC(O)C(C)C)C1. The number of rotatable bonds is 4. The zero-order valence-corrected chi connectivity index (χ0v) is 9.36. The molecule has 82 valence electrons. The third-order valence-electron chi connectivity index (χ3n) is 3.05. The van der Waals surface area contributed by atoms with Gasteiger partial charge in [-0.15, -0.1) is 0 Å². The van der Waals surface area contributed by atoms with Crippen LogP contribution < -0.4 is 0 Å². The summed E-state index contributed by atoms with van der Waals surface area (Å²) in [6.45, 7) is 7.40. The minimum Gasteiger partial charge on any atom is -0.391 e. The van der Waals surface area contributed by atoms with E-state index in [1.807, 2.05) is 13.8 Å². The molecule has 0 aromatic carbocycles. The summed E-state index contributed by atoms with van der Waals surface area (Å²) in [7, 11) is 0. The molecule has 0 bridgehead atoms. The van der Waals surface area contributed by atoms with Gasteiger partial charge in [-0.2, -0.15) is 0 Å². The van der Waals surface area contributed by atoms with Crippen LogP contribution in [0.5, 0.6) is 0 Å². The van der Waals surface area contributed by atoms with Gasteiger partial charge in [0.25, 0.3) is 0 Å². The summed E-state index contributed by atoms with van der Waals surface area (Å²) in [5.74, 6) is 0.932. The van der Waals surface area contributed by atoms with Gasteiger partial charge in [0.2, 0.25) is 5.91 Å². The zero-order chi connectivity index (χ0) is 10.7. The molecule has 1 amide bonds. The molecule has 2 unspecified atom stereocenters. The molecule has 1 fully saturated rings. The van der Waals surface area contributed by atoms with Crippen molar-refractivity contribution in [2.45, 2.75) is 39.7 Å². The number of β-amino-alcohol motifs (C(OH)–C–C–N with tert-alkyl or cyclic N) is 1. The average Bonchev–Trinajstić information content (AvgIpc) is 2.47. The van der Waals surface area contributed by atoms with Crippen molar-refractivity contribution in [2.75, 3.05) is 13.1 Å². The van der Waals surface area contributed by atoms with Gasteiger partial charge in [-0.3, -0.25) is 4.79 Å². The van der Waals surface area contributed by atoms with E-state index in [4.69, 9.17) is 0 Å². The van der Waals surface area contributed by atoms with Crippen LogP contribution in [0.1, 0.15) is 33.6 Å². The van der Waals surface area contributed by atoms with Gasteiger partial charge in [0, 0.05) is 19.5 Å². The number of aliphatic hydroxyl groups excluding tert-OH is 1. The molecule has 0 aromatic rings. The third kappa shape index (κ3) is 2.71. The Hall–Kier alpha value is -0.570. The van der Waals surface area contributed by atoms with Crippen LogP contribution in [0.2, 0.25) is 0 Å². The van der Waals surface area contributed by atoms with E-state index in [-0.39, 0.29) is 17.9 Å². The molecule has 1 heterocycles. The molecule has 0 spiro atoms. The molecule has 2 atom stereocenters. The molecule has 1 aliphatic rings. The van der Waals surface area contributed by atoms with Crippen LogP contribution in [0.15, 0.2) is 0 Å². The smallest absolute Gasteiger partial charge is 0.223 e. The van der Waals surface area contributed by atoms with Gasteiger partial charge < -0.3 is 10.0 Å². The highest BCUT2D eigenvalue weighted by molar-refractivity contribution is 5.78. The average molecular weight is 199 g/mol. The minimum absolute atomic E-state index is 0.205. The molecular formula is C11H21NO2. The van der Waals surface area contributed by atoms with Crippen molar-refractivity contribution >= 4 is 5.91 Å². The minimum atomic E-state index is -0.380. The first-order chi connectivity index (χ1) is 6.54. The van der Waals surface area contributed by atoms with Crippen LogP contribution >= 0.6 is 0 Å². The standard InChI is InChI=1S/C11H21NO2/c1-4-9-5-11(14)12(6-9)7-10(13)8(2)3/h8-10,13H,4-7H2,1-3H3. The molecule has 0 aliphatic carbocycles. The maximum Gasteiger partial charge on any atom is 0.223 e. The Balaban J connectivity index is 2.42. The predicted molar refractivity (Wildman–Crippen MR) is 55.8 cm³/mol. The van der Waals surface area contributed by atoms with Gasteiger partial charge in [0.15, 0.2) is 0 Å². The van der Waals surface area contributed by atoms with E-state index in [0.29, 0.717) is 18.9 Å². The Morgan fingerprint density at radius 1 is 1.57 bits per heavy atom. The van der Waals surface area contributed by atoms with Gasteiger partial charge in [-0.25, -0.2) is 0 Å². The Bertz CT molecular complexity index is 203. The second-order valence-electron chi connectivity index (χ2n) is 4.59. The van der Waals surface area contributed by atoms with Gasteiger partial charge in [-0.05, 0) is 11.8 Å². The summed E-state index contributed by atoms with van der Waals surface area (Å²) in [4.78, 5) is 13.3. The summed E-state index contributed by atoms with van der Waals surface area (Å²) in [5.41, 5.74) is 0. The summed E-state index contributed by atoms with van der Waals surface area (Å²) >= 11 is 0.